The zero-order chi connectivity index (χ0) is 14.9. The molecule has 6 heteroatoms. The van der Waals surface area contributed by atoms with E-state index < -0.39 is 5.97 Å². The number of halogens is 1. The fourth-order valence-corrected chi connectivity index (χ4v) is 2.22. The number of aromatic nitrogens is 1. The molecule has 102 valence electrons. The molecule has 0 spiro atoms. The topological polar surface area (TPSA) is 81.0 Å². The number of esters is 1. The number of methoxy groups -OCH3 is 1. The third-order valence-corrected chi connectivity index (χ3v) is 3.20. The third kappa shape index (κ3) is 2.22. The number of ether oxygens (including phenoxy) is 1. The van der Waals surface area contributed by atoms with Gasteiger partial charge in [0.2, 0.25) is 0 Å². The summed E-state index contributed by atoms with van der Waals surface area (Å²) in [6, 6.07) is 7.18. The van der Waals surface area contributed by atoms with Crippen LogP contribution in [0.5, 0.6) is 0 Å². The summed E-state index contributed by atoms with van der Waals surface area (Å²) in [5.74, 6) is -0.599. The van der Waals surface area contributed by atoms with Crippen LogP contribution in [0.2, 0.25) is 5.02 Å². The van der Waals surface area contributed by atoms with Crippen LogP contribution in [-0.4, -0.2) is 17.6 Å². The molecule has 0 bridgehead atoms. The first-order chi connectivity index (χ1) is 9.49. The van der Waals surface area contributed by atoms with E-state index in [0.29, 0.717) is 10.7 Å². The number of benzene rings is 1. The van der Waals surface area contributed by atoms with Gasteiger partial charge < -0.3 is 15.0 Å². The van der Waals surface area contributed by atoms with Gasteiger partial charge in [-0.2, -0.15) is 5.26 Å². The van der Waals surface area contributed by atoms with Crippen molar-refractivity contribution < 1.29 is 9.53 Å². The highest BCUT2D eigenvalue weighted by molar-refractivity contribution is 6.30. The van der Waals surface area contributed by atoms with Crippen molar-refractivity contribution in [3.63, 3.8) is 0 Å². The number of anilines is 1. The number of rotatable bonds is 2. The molecule has 5 nitrogen and oxygen atoms in total. The van der Waals surface area contributed by atoms with E-state index in [0.717, 1.165) is 5.56 Å². The Bertz CT molecular complexity index is 729. The number of aryl methyl sites for hydroxylation is 1. The lowest BCUT2D eigenvalue weighted by molar-refractivity contribution is 0.0593. The van der Waals surface area contributed by atoms with Crippen LogP contribution in [0.1, 0.15) is 21.6 Å². The highest BCUT2D eigenvalue weighted by Crippen LogP contribution is 2.27. The molecule has 0 fully saturated rings. The Morgan fingerprint density at radius 2 is 2.20 bits per heavy atom. The first kappa shape index (κ1) is 14.0. The van der Waals surface area contributed by atoms with Gasteiger partial charge in [-0.25, -0.2) is 4.79 Å². The van der Waals surface area contributed by atoms with Crippen molar-refractivity contribution in [2.24, 2.45) is 0 Å². The van der Waals surface area contributed by atoms with Gasteiger partial charge in [-0.3, -0.25) is 0 Å². The number of carbonyl (C=O) groups is 1. The summed E-state index contributed by atoms with van der Waals surface area (Å²) in [5.41, 5.74) is 7.86. The first-order valence-electron chi connectivity index (χ1n) is 5.75. The standard InChI is InChI=1S/C14H12ClN3O2/c1-8-5-10(15)3-4-11(8)18-7-9(6-16)12(17)13(18)14(19)20-2/h3-5,7H,17H2,1-2H3. The molecule has 1 heterocycles. The Morgan fingerprint density at radius 3 is 2.75 bits per heavy atom. The molecule has 0 radical (unpaired) electrons. The van der Waals surface area contributed by atoms with Crippen molar-refractivity contribution in [2.45, 2.75) is 6.92 Å². The van der Waals surface area contributed by atoms with Crippen molar-refractivity contribution in [2.75, 3.05) is 12.8 Å². The van der Waals surface area contributed by atoms with Gasteiger partial charge in [-0.15, -0.1) is 0 Å². The van der Waals surface area contributed by atoms with Crippen LogP contribution in [-0.2, 0) is 4.74 Å². The number of carbonyl (C=O) groups excluding carboxylic acids is 1. The summed E-state index contributed by atoms with van der Waals surface area (Å²) in [5, 5.41) is 9.64. The number of nitrogen functional groups attached to an aromatic ring is 1. The normalized spacial score (nSPS) is 10.1. The highest BCUT2D eigenvalue weighted by atomic mass is 35.5. The quantitative estimate of drug-likeness (QED) is 0.862. The molecular formula is C14H12ClN3O2. The number of nitriles is 1. The maximum Gasteiger partial charge on any atom is 0.357 e. The summed E-state index contributed by atoms with van der Waals surface area (Å²) in [4.78, 5) is 11.9. The molecule has 2 aromatic rings. The lowest BCUT2D eigenvalue weighted by Gasteiger charge is -2.11. The molecule has 2 N–H and O–H groups in total. The lowest BCUT2D eigenvalue weighted by Crippen LogP contribution is -2.11. The second-order valence-corrected chi connectivity index (χ2v) is 4.65. The van der Waals surface area contributed by atoms with E-state index in [1.54, 1.807) is 22.8 Å². The summed E-state index contributed by atoms with van der Waals surface area (Å²) >= 11 is 5.92. The Labute approximate surface area is 121 Å². The maximum absolute atomic E-state index is 11.9. The average Bonchev–Trinajstić information content (AvgIpc) is 2.74. The second kappa shape index (κ2) is 5.27. The summed E-state index contributed by atoms with van der Waals surface area (Å²) in [7, 11) is 1.26. The minimum absolute atomic E-state index is 0.105. The van der Waals surface area contributed by atoms with Gasteiger partial charge in [0, 0.05) is 16.9 Å². The van der Waals surface area contributed by atoms with Gasteiger partial charge in [0.25, 0.3) is 0 Å². The molecule has 0 saturated heterocycles. The monoisotopic (exact) mass is 289 g/mol. The van der Waals surface area contributed by atoms with Crippen LogP contribution < -0.4 is 5.73 Å². The van der Waals surface area contributed by atoms with E-state index in [-0.39, 0.29) is 16.9 Å². The van der Waals surface area contributed by atoms with E-state index in [2.05, 4.69) is 0 Å². The van der Waals surface area contributed by atoms with Crippen LogP contribution in [0.3, 0.4) is 0 Å². The Morgan fingerprint density at radius 1 is 1.50 bits per heavy atom. The van der Waals surface area contributed by atoms with Gasteiger partial charge in [-0.05, 0) is 30.7 Å². The van der Waals surface area contributed by atoms with E-state index in [1.807, 2.05) is 13.0 Å². The summed E-state index contributed by atoms with van der Waals surface area (Å²) in [6.45, 7) is 1.85. The second-order valence-electron chi connectivity index (χ2n) is 4.21. The van der Waals surface area contributed by atoms with Gasteiger partial charge in [0.05, 0.1) is 18.4 Å². The van der Waals surface area contributed by atoms with E-state index in [9.17, 15) is 4.79 Å². The molecule has 0 atom stereocenters. The lowest BCUT2D eigenvalue weighted by atomic mass is 10.2. The molecular weight excluding hydrogens is 278 g/mol. The zero-order valence-electron chi connectivity index (χ0n) is 11.0. The molecule has 20 heavy (non-hydrogen) atoms. The van der Waals surface area contributed by atoms with Crippen molar-refractivity contribution in [3.8, 4) is 11.8 Å². The number of hydrogen-bond donors (Lipinski definition) is 1. The van der Waals surface area contributed by atoms with E-state index >= 15 is 0 Å². The highest BCUT2D eigenvalue weighted by Gasteiger charge is 2.22. The van der Waals surface area contributed by atoms with Gasteiger partial charge in [-0.1, -0.05) is 11.6 Å². The van der Waals surface area contributed by atoms with Crippen molar-refractivity contribution in [1.29, 1.82) is 5.26 Å². The molecule has 1 aromatic carbocycles. The zero-order valence-corrected chi connectivity index (χ0v) is 11.7. The van der Waals surface area contributed by atoms with Crippen LogP contribution in [0.25, 0.3) is 5.69 Å². The maximum atomic E-state index is 11.9. The molecule has 0 aliphatic carbocycles. The smallest absolute Gasteiger partial charge is 0.357 e. The third-order valence-electron chi connectivity index (χ3n) is 2.96. The molecule has 1 aromatic heterocycles. The van der Waals surface area contributed by atoms with Crippen LogP contribution in [0.4, 0.5) is 5.69 Å². The summed E-state index contributed by atoms with van der Waals surface area (Å²) in [6.07, 6.45) is 1.51. The Hall–Kier alpha value is -2.45. The fraction of sp³-hybridized carbons (Fsp3) is 0.143. The van der Waals surface area contributed by atoms with Gasteiger partial charge in [0.15, 0.2) is 5.69 Å². The van der Waals surface area contributed by atoms with Gasteiger partial charge in [0.1, 0.15) is 6.07 Å². The van der Waals surface area contributed by atoms with E-state index in [4.69, 9.17) is 27.3 Å². The Balaban J connectivity index is 2.74. The van der Waals surface area contributed by atoms with Crippen molar-refractivity contribution >= 4 is 23.3 Å². The SMILES string of the molecule is COC(=O)c1c(N)c(C#N)cn1-c1ccc(Cl)cc1C. The van der Waals surface area contributed by atoms with Crippen LogP contribution >= 0.6 is 11.6 Å². The van der Waals surface area contributed by atoms with Gasteiger partial charge >= 0.3 is 5.97 Å². The molecule has 0 unspecified atom stereocenters. The number of hydrogen-bond acceptors (Lipinski definition) is 4. The molecule has 0 amide bonds. The minimum Gasteiger partial charge on any atom is -0.464 e. The fourth-order valence-electron chi connectivity index (χ4n) is 1.99. The average molecular weight is 290 g/mol. The molecule has 2 rings (SSSR count). The number of nitrogens with two attached hydrogens (primary N) is 1. The predicted octanol–water partition coefficient (Wildman–Crippen LogP) is 2.68. The molecule has 0 saturated carbocycles. The number of nitrogens with zero attached hydrogens (tertiary/aromatic N) is 2. The van der Waals surface area contributed by atoms with Crippen LogP contribution in [0.15, 0.2) is 24.4 Å². The summed E-state index contributed by atoms with van der Waals surface area (Å²) < 4.78 is 6.27. The van der Waals surface area contributed by atoms with Crippen molar-refractivity contribution in [1.82, 2.24) is 4.57 Å². The largest absolute Gasteiger partial charge is 0.464 e. The minimum atomic E-state index is -0.599. The van der Waals surface area contributed by atoms with Crippen molar-refractivity contribution in [3.05, 3.63) is 46.2 Å². The molecule has 0 aliphatic heterocycles. The molecule has 0 aliphatic rings. The van der Waals surface area contributed by atoms with E-state index in [1.165, 1.54) is 13.3 Å². The van der Waals surface area contributed by atoms with Crippen LogP contribution in [0, 0.1) is 18.3 Å². The predicted molar refractivity (Wildman–Crippen MR) is 76.0 cm³/mol. The Kier molecular flexibility index (Phi) is 3.68. The first-order valence-corrected chi connectivity index (χ1v) is 6.13.